The Hall–Kier alpha value is 0.704. The summed E-state index contributed by atoms with van der Waals surface area (Å²) in [5.41, 5.74) is 0. The molecule has 0 saturated heterocycles. The van der Waals surface area contributed by atoms with Crippen LogP contribution in [0.5, 0.6) is 0 Å². The maximum absolute atomic E-state index is 6.43. The Labute approximate surface area is 154 Å². The SMILES string of the molecule is CCCCO[SiH](OCCCC)[C@](S)(CCC)[Si](CC)(CC)CC. The third-order valence-electron chi connectivity index (χ3n) is 5.50. The van der Waals surface area contributed by atoms with Crippen molar-refractivity contribution in [2.45, 2.75) is 102 Å². The van der Waals surface area contributed by atoms with E-state index in [-0.39, 0.29) is 3.99 Å². The van der Waals surface area contributed by atoms with E-state index in [9.17, 15) is 0 Å². The summed E-state index contributed by atoms with van der Waals surface area (Å²) in [5, 5.41) is 0. The molecule has 0 N–H and O–H groups in total. The molecule has 0 amide bonds. The van der Waals surface area contributed by atoms with Gasteiger partial charge in [0.2, 0.25) is 0 Å². The van der Waals surface area contributed by atoms with Crippen LogP contribution in [0.15, 0.2) is 0 Å². The summed E-state index contributed by atoms with van der Waals surface area (Å²) in [5.74, 6) is 0. The Kier molecular flexibility index (Phi) is 13.4. The molecule has 0 aliphatic carbocycles. The van der Waals surface area contributed by atoms with Crippen molar-refractivity contribution >= 4 is 30.0 Å². The average molecular weight is 379 g/mol. The van der Waals surface area contributed by atoms with Gasteiger partial charge < -0.3 is 8.85 Å². The quantitative estimate of drug-likeness (QED) is 0.217. The number of thiol groups is 1. The van der Waals surface area contributed by atoms with Gasteiger partial charge in [-0.25, -0.2) is 0 Å². The lowest BCUT2D eigenvalue weighted by molar-refractivity contribution is 0.185. The number of hydrogen-bond acceptors (Lipinski definition) is 3. The van der Waals surface area contributed by atoms with Crippen LogP contribution in [0, 0.1) is 0 Å². The van der Waals surface area contributed by atoms with E-state index in [1.807, 2.05) is 0 Å². The Morgan fingerprint density at radius 3 is 1.52 bits per heavy atom. The molecule has 5 heteroatoms. The molecule has 0 saturated carbocycles. The minimum atomic E-state index is -1.80. The van der Waals surface area contributed by atoms with Gasteiger partial charge in [-0.2, -0.15) is 12.6 Å². The fraction of sp³-hybridized carbons (Fsp3) is 1.00. The second-order valence-electron chi connectivity index (χ2n) is 6.80. The highest BCUT2D eigenvalue weighted by Gasteiger charge is 2.54. The molecule has 0 aliphatic heterocycles. The van der Waals surface area contributed by atoms with E-state index < -0.39 is 17.4 Å². The summed E-state index contributed by atoms with van der Waals surface area (Å²) in [6.07, 6.45) is 6.97. The molecule has 0 aliphatic rings. The van der Waals surface area contributed by atoms with Crippen molar-refractivity contribution in [3.8, 4) is 0 Å². The van der Waals surface area contributed by atoms with Gasteiger partial charge >= 0.3 is 9.28 Å². The van der Waals surface area contributed by atoms with E-state index in [1.165, 1.54) is 37.4 Å². The molecule has 0 aromatic carbocycles. The van der Waals surface area contributed by atoms with Crippen LogP contribution in [-0.2, 0) is 8.85 Å². The van der Waals surface area contributed by atoms with Gasteiger partial charge in [-0.05, 0) is 19.3 Å². The van der Waals surface area contributed by atoms with Crippen LogP contribution in [0.3, 0.4) is 0 Å². The van der Waals surface area contributed by atoms with Crippen LogP contribution in [0.4, 0.5) is 0 Å². The summed E-state index contributed by atoms with van der Waals surface area (Å²) in [7, 11) is -3.30. The average Bonchev–Trinajstić information content (AvgIpc) is 2.56. The highest BCUT2D eigenvalue weighted by Crippen LogP contribution is 2.43. The van der Waals surface area contributed by atoms with Crippen LogP contribution >= 0.6 is 12.6 Å². The molecule has 2 nitrogen and oxygen atoms in total. The monoisotopic (exact) mass is 378 g/mol. The first-order valence-corrected chi connectivity index (χ1v) is 14.6. The fourth-order valence-electron chi connectivity index (χ4n) is 3.68. The molecule has 1 atom stereocenters. The van der Waals surface area contributed by atoms with E-state index >= 15 is 0 Å². The number of hydrogen-bond donors (Lipinski definition) is 1. The molecule has 23 heavy (non-hydrogen) atoms. The van der Waals surface area contributed by atoms with Gasteiger partial charge in [0.15, 0.2) is 0 Å². The van der Waals surface area contributed by atoms with Gasteiger partial charge in [-0.3, -0.25) is 0 Å². The largest absolute Gasteiger partial charge is 0.396 e. The summed E-state index contributed by atoms with van der Waals surface area (Å²) < 4.78 is 12.9. The molecular weight excluding hydrogens is 336 g/mol. The van der Waals surface area contributed by atoms with Gasteiger partial charge in [-0.1, -0.05) is 78.9 Å². The van der Waals surface area contributed by atoms with Gasteiger partial charge in [-0.15, -0.1) is 0 Å². The number of unbranched alkanes of at least 4 members (excludes halogenated alkanes) is 2. The normalized spacial score (nSPS) is 15.1. The summed E-state index contributed by atoms with van der Waals surface area (Å²) >= 11 is 5.39. The molecule has 0 unspecified atom stereocenters. The lowest BCUT2D eigenvalue weighted by Crippen LogP contribution is -2.64. The molecule has 140 valence electrons. The van der Waals surface area contributed by atoms with Crippen molar-refractivity contribution in [3.05, 3.63) is 0 Å². The molecule has 0 heterocycles. The van der Waals surface area contributed by atoms with E-state index in [0.717, 1.165) is 32.5 Å². The number of rotatable bonds is 15. The zero-order valence-corrected chi connectivity index (χ0v) is 19.7. The lowest BCUT2D eigenvalue weighted by atomic mass is 10.4. The van der Waals surface area contributed by atoms with Gasteiger partial charge in [0.05, 0.1) is 8.07 Å². The van der Waals surface area contributed by atoms with Crippen molar-refractivity contribution in [3.63, 3.8) is 0 Å². The zero-order valence-electron chi connectivity index (χ0n) is 16.6. The lowest BCUT2D eigenvalue weighted by Gasteiger charge is -2.48. The maximum Gasteiger partial charge on any atom is 0.334 e. The van der Waals surface area contributed by atoms with Crippen molar-refractivity contribution in [1.29, 1.82) is 0 Å². The first kappa shape index (κ1) is 23.7. The van der Waals surface area contributed by atoms with Crippen LogP contribution < -0.4 is 0 Å². The highest BCUT2D eigenvalue weighted by atomic mass is 32.1. The van der Waals surface area contributed by atoms with E-state index in [2.05, 4.69) is 41.5 Å². The van der Waals surface area contributed by atoms with E-state index in [0.29, 0.717) is 0 Å². The predicted octanol–water partition coefficient (Wildman–Crippen LogP) is 5.90. The minimum absolute atomic E-state index is 0.0570. The Balaban J connectivity index is 5.42. The molecular formula is C18H42O2SSi2. The highest BCUT2D eigenvalue weighted by molar-refractivity contribution is 7.86. The molecule has 0 radical (unpaired) electrons. The third-order valence-corrected chi connectivity index (χ3v) is 18.6. The molecule has 0 spiro atoms. The first-order chi connectivity index (χ1) is 11.0. The topological polar surface area (TPSA) is 18.5 Å². The van der Waals surface area contributed by atoms with E-state index in [1.54, 1.807) is 0 Å². The molecule has 0 rings (SSSR count). The predicted molar refractivity (Wildman–Crippen MR) is 113 cm³/mol. The third kappa shape index (κ3) is 6.50. The van der Waals surface area contributed by atoms with Crippen LogP contribution in [-0.4, -0.2) is 34.6 Å². The Morgan fingerprint density at radius 2 is 1.22 bits per heavy atom. The van der Waals surface area contributed by atoms with E-state index in [4.69, 9.17) is 21.5 Å². The van der Waals surface area contributed by atoms with Gasteiger partial charge in [0.1, 0.15) is 0 Å². The molecule has 0 fully saturated rings. The minimum Gasteiger partial charge on any atom is -0.396 e. The van der Waals surface area contributed by atoms with Crippen LogP contribution in [0.25, 0.3) is 0 Å². The first-order valence-electron chi connectivity index (χ1n) is 9.97. The smallest absolute Gasteiger partial charge is 0.334 e. The van der Waals surface area contributed by atoms with Gasteiger partial charge in [0.25, 0.3) is 0 Å². The maximum atomic E-state index is 6.43. The second-order valence-corrected chi connectivity index (χ2v) is 17.0. The zero-order chi connectivity index (χ0) is 17.8. The van der Waals surface area contributed by atoms with Crippen molar-refractivity contribution in [1.82, 2.24) is 0 Å². The standard InChI is InChI=1S/C18H42O2SSi2/c1-7-13-16-19-22(20-17-14-8-2)18(21,15-9-3)23(10-4,11-5)12-6/h21-22H,7-17H2,1-6H3/t18-/m1/s1. The molecule has 0 aromatic rings. The summed E-state index contributed by atoms with van der Waals surface area (Å²) in [6.45, 7) is 15.6. The Bertz CT molecular complexity index is 270. The summed E-state index contributed by atoms with van der Waals surface area (Å²) in [6, 6.07) is 3.88. The van der Waals surface area contributed by atoms with Crippen LogP contribution in [0.2, 0.25) is 18.1 Å². The van der Waals surface area contributed by atoms with Crippen LogP contribution in [0.1, 0.15) is 80.1 Å². The second kappa shape index (κ2) is 13.0. The fourth-order valence-corrected chi connectivity index (χ4v) is 16.2. The Morgan fingerprint density at radius 1 is 0.783 bits per heavy atom. The summed E-state index contributed by atoms with van der Waals surface area (Å²) in [4.78, 5) is 0. The van der Waals surface area contributed by atoms with Crippen molar-refractivity contribution in [2.24, 2.45) is 0 Å². The molecule has 0 bridgehead atoms. The van der Waals surface area contributed by atoms with Crippen molar-refractivity contribution < 1.29 is 8.85 Å². The molecule has 0 aromatic heterocycles. The van der Waals surface area contributed by atoms with Crippen molar-refractivity contribution in [2.75, 3.05) is 13.2 Å². The van der Waals surface area contributed by atoms with Gasteiger partial charge in [0, 0.05) is 17.2 Å².